The van der Waals surface area contributed by atoms with Gasteiger partial charge in [0.25, 0.3) is 0 Å². The summed E-state index contributed by atoms with van der Waals surface area (Å²) in [7, 11) is 1.67. The Kier molecular flexibility index (Phi) is 6.70. The average Bonchev–Trinajstić information content (AvgIpc) is 3.32. The lowest BCUT2D eigenvalue weighted by molar-refractivity contribution is -0.131. The molecule has 2 aliphatic heterocycles. The molecule has 5 rings (SSSR count). The molecular weight excluding hydrogens is 424 g/mol. The summed E-state index contributed by atoms with van der Waals surface area (Å²) in [4.78, 5) is 20.7. The van der Waals surface area contributed by atoms with Gasteiger partial charge in [0.1, 0.15) is 11.4 Å². The monoisotopic (exact) mass is 458 g/mol. The van der Waals surface area contributed by atoms with Crippen LogP contribution in [0.5, 0.6) is 5.75 Å². The lowest BCUT2D eigenvalue weighted by Gasteiger charge is -2.36. The number of amides is 1. The predicted molar refractivity (Wildman–Crippen MR) is 135 cm³/mol. The van der Waals surface area contributed by atoms with Crippen molar-refractivity contribution in [2.24, 2.45) is 5.16 Å². The standard InChI is InChI=1S/C29H34N2O3/c1-33-26-9-5-8-25(20-26)27-21-29(34-30-27)16-18-31(19-17-29)28(32)15-12-22-10-13-24(14-11-22)23-6-3-2-4-7-23/h5,8-15,20,23H,2-4,6-7,16-19,21H2,1H3. The smallest absolute Gasteiger partial charge is 0.246 e. The molecule has 0 N–H and O–H groups in total. The minimum Gasteiger partial charge on any atom is -0.497 e. The van der Waals surface area contributed by atoms with E-state index in [2.05, 4.69) is 29.4 Å². The summed E-state index contributed by atoms with van der Waals surface area (Å²) in [5, 5.41) is 4.39. The van der Waals surface area contributed by atoms with Crippen molar-refractivity contribution in [3.63, 3.8) is 0 Å². The number of methoxy groups -OCH3 is 1. The molecule has 5 nitrogen and oxygen atoms in total. The normalized spacial score (nSPS) is 20.4. The molecule has 178 valence electrons. The van der Waals surface area contributed by atoms with Crippen LogP contribution in [-0.4, -0.2) is 42.3 Å². The highest BCUT2D eigenvalue weighted by atomic mass is 16.7. The fourth-order valence-electron chi connectivity index (χ4n) is 5.47. The van der Waals surface area contributed by atoms with Gasteiger partial charge in [-0.2, -0.15) is 0 Å². The molecule has 0 unspecified atom stereocenters. The van der Waals surface area contributed by atoms with E-state index >= 15 is 0 Å². The zero-order valence-electron chi connectivity index (χ0n) is 20.0. The highest BCUT2D eigenvalue weighted by Crippen LogP contribution is 2.37. The van der Waals surface area contributed by atoms with Gasteiger partial charge in [0.2, 0.25) is 5.91 Å². The van der Waals surface area contributed by atoms with Crippen molar-refractivity contribution in [1.82, 2.24) is 4.90 Å². The van der Waals surface area contributed by atoms with Crippen LogP contribution in [0.1, 0.15) is 74.0 Å². The third kappa shape index (κ3) is 5.03. The van der Waals surface area contributed by atoms with Crippen molar-refractivity contribution in [1.29, 1.82) is 0 Å². The largest absolute Gasteiger partial charge is 0.497 e. The lowest BCUT2D eigenvalue weighted by Crippen LogP contribution is -2.46. The maximum Gasteiger partial charge on any atom is 0.246 e. The van der Waals surface area contributed by atoms with E-state index in [4.69, 9.17) is 9.57 Å². The summed E-state index contributed by atoms with van der Waals surface area (Å²) in [6, 6.07) is 16.7. The summed E-state index contributed by atoms with van der Waals surface area (Å²) >= 11 is 0. The van der Waals surface area contributed by atoms with Gasteiger partial charge >= 0.3 is 0 Å². The first-order valence-electron chi connectivity index (χ1n) is 12.6. The summed E-state index contributed by atoms with van der Waals surface area (Å²) in [6.07, 6.45) is 12.7. The van der Waals surface area contributed by atoms with Crippen LogP contribution in [0.4, 0.5) is 0 Å². The van der Waals surface area contributed by atoms with Gasteiger partial charge in [0.15, 0.2) is 0 Å². The molecule has 1 saturated heterocycles. The van der Waals surface area contributed by atoms with E-state index in [1.165, 1.54) is 37.7 Å². The number of piperidine rings is 1. The molecule has 1 saturated carbocycles. The van der Waals surface area contributed by atoms with E-state index in [0.717, 1.165) is 41.9 Å². The highest BCUT2D eigenvalue weighted by Gasteiger charge is 2.43. The minimum atomic E-state index is -0.298. The van der Waals surface area contributed by atoms with E-state index in [9.17, 15) is 4.79 Å². The quantitative estimate of drug-likeness (QED) is 0.521. The lowest BCUT2D eigenvalue weighted by atomic mass is 9.84. The van der Waals surface area contributed by atoms with E-state index < -0.39 is 0 Å². The Hall–Kier alpha value is -3.08. The molecule has 0 aromatic heterocycles. The second-order valence-corrected chi connectivity index (χ2v) is 9.88. The molecular formula is C29H34N2O3. The Morgan fingerprint density at radius 2 is 1.85 bits per heavy atom. The van der Waals surface area contributed by atoms with E-state index in [1.54, 1.807) is 13.2 Å². The second kappa shape index (κ2) is 10.0. The molecule has 5 heteroatoms. The Balaban J connectivity index is 1.13. The van der Waals surface area contributed by atoms with Crippen molar-refractivity contribution in [3.8, 4) is 5.75 Å². The molecule has 34 heavy (non-hydrogen) atoms. The van der Waals surface area contributed by atoms with Gasteiger partial charge in [-0.05, 0) is 48.1 Å². The zero-order chi connectivity index (χ0) is 23.4. The van der Waals surface area contributed by atoms with Gasteiger partial charge in [-0.1, -0.05) is 60.8 Å². The van der Waals surface area contributed by atoms with Crippen molar-refractivity contribution in [3.05, 3.63) is 71.3 Å². The van der Waals surface area contributed by atoms with Gasteiger partial charge in [-0.15, -0.1) is 0 Å². The minimum absolute atomic E-state index is 0.0677. The number of carbonyl (C=O) groups excluding carboxylic acids is 1. The summed E-state index contributed by atoms with van der Waals surface area (Å²) in [6.45, 7) is 1.37. The maximum atomic E-state index is 12.8. The topological polar surface area (TPSA) is 51.1 Å². The summed E-state index contributed by atoms with van der Waals surface area (Å²) < 4.78 is 5.33. The van der Waals surface area contributed by atoms with E-state index in [1.807, 2.05) is 35.2 Å². The number of hydrogen-bond donors (Lipinski definition) is 0. The molecule has 0 atom stereocenters. The average molecular weight is 459 g/mol. The van der Waals surface area contributed by atoms with E-state index in [-0.39, 0.29) is 11.5 Å². The number of ether oxygens (including phenoxy) is 1. The van der Waals surface area contributed by atoms with Crippen LogP contribution < -0.4 is 4.74 Å². The molecule has 3 aliphatic rings. The number of carbonyl (C=O) groups is 1. The third-order valence-electron chi connectivity index (χ3n) is 7.66. The molecule has 0 bridgehead atoms. The fourth-order valence-corrected chi connectivity index (χ4v) is 5.47. The first-order chi connectivity index (χ1) is 16.6. The number of oxime groups is 1. The Bertz CT molecular complexity index is 1060. The van der Waals surface area contributed by atoms with Crippen LogP contribution >= 0.6 is 0 Å². The van der Waals surface area contributed by atoms with Crippen molar-refractivity contribution in [2.75, 3.05) is 20.2 Å². The molecule has 2 aromatic rings. The van der Waals surface area contributed by atoms with Crippen LogP contribution in [0, 0.1) is 0 Å². The van der Waals surface area contributed by atoms with Gasteiger partial charge in [-0.3, -0.25) is 4.79 Å². The summed E-state index contributed by atoms with van der Waals surface area (Å²) in [5.41, 5.74) is 4.21. The first kappa shape index (κ1) is 22.7. The van der Waals surface area contributed by atoms with Gasteiger partial charge in [0, 0.05) is 44.0 Å². The molecule has 0 radical (unpaired) electrons. The van der Waals surface area contributed by atoms with Crippen molar-refractivity contribution < 1.29 is 14.4 Å². The van der Waals surface area contributed by atoms with Gasteiger partial charge < -0.3 is 14.5 Å². The fraction of sp³-hybridized carbons (Fsp3) is 0.448. The van der Waals surface area contributed by atoms with Crippen LogP contribution in [0.25, 0.3) is 6.08 Å². The predicted octanol–water partition coefficient (Wildman–Crippen LogP) is 5.94. The number of likely N-dealkylation sites (tertiary alicyclic amines) is 1. The molecule has 1 amide bonds. The number of nitrogens with zero attached hydrogens (tertiary/aromatic N) is 2. The van der Waals surface area contributed by atoms with Crippen molar-refractivity contribution in [2.45, 2.75) is 62.9 Å². The molecule has 1 spiro atoms. The number of rotatable bonds is 5. The first-order valence-corrected chi connectivity index (χ1v) is 12.6. The third-order valence-corrected chi connectivity index (χ3v) is 7.66. The number of hydrogen-bond acceptors (Lipinski definition) is 4. The Morgan fingerprint density at radius 3 is 2.59 bits per heavy atom. The molecule has 2 heterocycles. The van der Waals surface area contributed by atoms with Gasteiger partial charge in [0.05, 0.1) is 12.8 Å². The highest BCUT2D eigenvalue weighted by molar-refractivity contribution is 6.02. The van der Waals surface area contributed by atoms with Crippen molar-refractivity contribution >= 4 is 17.7 Å². The van der Waals surface area contributed by atoms with Crippen LogP contribution in [0.3, 0.4) is 0 Å². The second-order valence-electron chi connectivity index (χ2n) is 9.88. The van der Waals surface area contributed by atoms with Crippen LogP contribution in [0.15, 0.2) is 59.8 Å². The van der Waals surface area contributed by atoms with E-state index in [0.29, 0.717) is 19.0 Å². The van der Waals surface area contributed by atoms with Gasteiger partial charge in [-0.25, -0.2) is 0 Å². The molecule has 2 aromatic carbocycles. The Morgan fingerprint density at radius 1 is 1.09 bits per heavy atom. The van der Waals surface area contributed by atoms with Crippen LogP contribution in [0.2, 0.25) is 0 Å². The zero-order valence-corrected chi connectivity index (χ0v) is 20.0. The summed E-state index contributed by atoms with van der Waals surface area (Å²) in [5.74, 6) is 1.59. The molecule has 2 fully saturated rings. The molecule has 1 aliphatic carbocycles. The Labute approximate surface area is 202 Å². The number of benzene rings is 2. The van der Waals surface area contributed by atoms with Crippen LogP contribution in [-0.2, 0) is 9.63 Å². The maximum absolute atomic E-state index is 12.8. The SMILES string of the molecule is COc1cccc(C2=NOC3(CCN(C(=O)C=Cc4ccc(C5CCCCC5)cc4)CC3)C2)c1.